The van der Waals surface area contributed by atoms with E-state index < -0.39 is 17.2 Å². The highest BCUT2D eigenvalue weighted by Crippen LogP contribution is 2.46. The fourth-order valence-corrected chi connectivity index (χ4v) is 6.16. The van der Waals surface area contributed by atoms with Crippen LogP contribution in [0.15, 0.2) is 12.3 Å². The first-order valence-electron chi connectivity index (χ1n) is 12.4. The summed E-state index contributed by atoms with van der Waals surface area (Å²) >= 11 is 0. The van der Waals surface area contributed by atoms with Crippen LogP contribution in [0.25, 0.3) is 0 Å². The molecule has 2 aliphatic heterocycles. The van der Waals surface area contributed by atoms with Crippen LogP contribution in [0.3, 0.4) is 0 Å². The summed E-state index contributed by atoms with van der Waals surface area (Å²) in [4.78, 5) is 21.9. The summed E-state index contributed by atoms with van der Waals surface area (Å²) in [6.45, 7) is 4.59. The van der Waals surface area contributed by atoms with Gasteiger partial charge in [0.1, 0.15) is 0 Å². The Morgan fingerprint density at radius 3 is 2.86 bits per heavy atom. The highest BCUT2D eigenvalue weighted by Gasteiger charge is 2.53. The molecular weight excluding hydrogens is 461 g/mol. The Morgan fingerprint density at radius 1 is 1.40 bits per heavy atom. The predicted octanol–water partition coefficient (Wildman–Crippen LogP) is 2.73. The number of carbonyl (C=O) groups is 1. The molecule has 5 atom stereocenters. The normalized spacial score (nSPS) is 31.6. The predicted molar refractivity (Wildman–Crippen MR) is 125 cm³/mol. The number of nitrogens with one attached hydrogen (secondary N) is 1. The molecule has 3 heterocycles. The van der Waals surface area contributed by atoms with Crippen molar-refractivity contribution in [2.75, 3.05) is 47.5 Å². The van der Waals surface area contributed by atoms with E-state index in [0.29, 0.717) is 50.4 Å². The van der Waals surface area contributed by atoms with Crippen LogP contribution in [0.2, 0.25) is 0 Å². The molecule has 1 N–H and O–H groups in total. The van der Waals surface area contributed by atoms with Crippen LogP contribution < -0.4 is 5.32 Å². The van der Waals surface area contributed by atoms with Gasteiger partial charge in [0.25, 0.3) is 0 Å². The number of fused-ring (bicyclic) bond motifs is 1. The topological polar surface area (TPSA) is 66.9 Å². The number of ether oxygens (including phenoxy) is 2. The van der Waals surface area contributed by atoms with Crippen molar-refractivity contribution in [1.82, 2.24) is 20.1 Å². The lowest BCUT2D eigenvalue weighted by Gasteiger charge is -2.41. The summed E-state index contributed by atoms with van der Waals surface area (Å²) in [5.74, 6) is 0.151. The minimum Gasteiger partial charge on any atom is -0.379 e. The first-order chi connectivity index (χ1) is 16.5. The van der Waals surface area contributed by atoms with Crippen molar-refractivity contribution in [3.63, 3.8) is 0 Å². The summed E-state index contributed by atoms with van der Waals surface area (Å²) in [5, 5.41) is 3.75. The number of alkyl halides is 3. The Kier molecular flexibility index (Phi) is 7.76. The second-order valence-corrected chi connectivity index (χ2v) is 10.6. The maximum atomic E-state index is 14.1. The van der Waals surface area contributed by atoms with Gasteiger partial charge in [-0.3, -0.25) is 9.78 Å². The summed E-state index contributed by atoms with van der Waals surface area (Å²) in [7, 11) is 5.62. The van der Waals surface area contributed by atoms with Crippen LogP contribution in [-0.2, 0) is 33.4 Å². The molecular formula is C25H37F3N4O3. The van der Waals surface area contributed by atoms with Crippen molar-refractivity contribution in [2.45, 2.75) is 63.5 Å². The zero-order valence-corrected chi connectivity index (χ0v) is 21.0. The molecule has 1 saturated carbocycles. The number of carbonyl (C=O) groups excluding carboxylic acids is 1. The lowest BCUT2D eigenvalue weighted by molar-refractivity contribution is -0.146. The maximum Gasteiger partial charge on any atom is 0.417 e. The second-order valence-electron chi connectivity index (χ2n) is 10.6. The largest absolute Gasteiger partial charge is 0.417 e. The number of halogens is 3. The van der Waals surface area contributed by atoms with Gasteiger partial charge in [0.15, 0.2) is 0 Å². The number of methoxy groups -OCH3 is 1. The van der Waals surface area contributed by atoms with Crippen LogP contribution in [-0.4, -0.2) is 86.4 Å². The molecule has 196 valence electrons. The Labute approximate surface area is 205 Å². The molecule has 35 heavy (non-hydrogen) atoms. The van der Waals surface area contributed by atoms with E-state index in [-0.39, 0.29) is 36.6 Å². The highest BCUT2D eigenvalue weighted by atomic mass is 19.4. The van der Waals surface area contributed by atoms with Gasteiger partial charge in [-0.25, -0.2) is 0 Å². The van der Waals surface area contributed by atoms with Gasteiger partial charge in [0, 0.05) is 63.7 Å². The standard InChI is InChI=1S/C25H37F3N4O3/c1-16-9-19(30-21-6-8-35-14-22(21)34-4)11-24(16,15-31(2)3)23(33)32-7-5-20-17(13-32)10-18(12-29-20)25(26,27)28/h10,12,16,19,21-22,30H,5-9,11,13-15H2,1-4H3/t16?,19?,21?,22?,24-/m0/s1. The fraction of sp³-hybridized carbons (Fsp3) is 0.760. The molecule has 4 unspecified atom stereocenters. The molecule has 1 aromatic rings. The van der Waals surface area contributed by atoms with Crippen LogP contribution in [0.1, 0.15) is 43.0 Å². The van der Waals surface area contributed by atoms with Gasteiger partial charge < -0.3 is 24.6 Å². The van der Waals surface area contributed by atoms with Crippen molar-refractivity contribution < 1.29 is 27.4 Å². The van der Waals surface area contributed by atoms with E-state index in [1.807, 2.05) is 19.0 Å². The Bertz CT molecular complexity index is 912. The van der Waals surface area contributed by atoms with Gasteiger partial charge in [-0.1, -0.05) is 6.92 Å². The summed E-state index contributed by atoms with van der Waals surface area (Å²) < 4.78 is 50.9. The highest BCUT2D eigenvalue weighted by molar-refractivity contribution is 5.84. The number of hydrogen-bond donors (Lipinski definition) is 1. The van der Waals surface area contributed by atoms with Crippen molar-refractivity contribution in [1.29, 1.82) is 0 Å². The number of amides is 1. The number of rotatable bonds is 6. The number of nitrogens with zero attached hydrogens (tertiary/aromatic N) is 3. The minimum absolute atomic E-state index is 0.0208. The molecule has 1 amide bonds. The van der Waals surface area contributed by atoms with Crippen molar-refractivity contribution in [2.24, 2.45) is 11.3 Å². The van der Waals surface area contributed by atoms with Gasteiger partial charge in [0.05, 0.1) is 23.7 Å². The summed E-state index contributed by atoms with van der Waals surface area (Å²) in [5.41, 5.74) is -0.240. The number of aromatic nitrogens is 1. The van der Waals surface area contributed by atoms with E-state index in [4.69, 9.17) is 9.47 Å². The SMILES string of the molecule is COC1COCCC1NC1CC(C)[C@](CN(C)C)(C(=O)N2CCc3ncc(C(F)(F)F)cc3C2)C1. The minimum atomic E-state index is -4.45. The summed E-state index contributed by atoms with van der Waals surface area (Å²) in [6, 6.07) is 1.48. The van der Waals surface area contributed by atoms with Crippen LogP contribution in [0.5, 0.6) is 0 Å². The molecule has 1 aliphatic carbocycles. The first kappa shape index (κ1) is 26.3. The van der Waals surface area contributed by atoms with Crippen molar-refractivity contribution in [3.05, 3.63) is 29.1 Å². The molecule has 2 fully saturated rings. The zero-order valence-electron chi connectivity index (χ0n) is 21.0. The summed E-state index contributed by atoms with van der Waals surface area (Å²) in [6.07, 6.45) is -0.722. The lowest BCUT2D eigenvalue weighted by Crippen LogP contribution is -2.53. The smallest absolute Gasteiger partial charge is 0.379 e. The molecule has 0 radical (unpaired) electrons. The van der Waals surface area contributed by atoms with Crippen LogP contribution >= 0.6 is 0 Å². The molecule has 0 bridgehead atoms. The maximum absolute atomic E-state index is 14.1. The van der Waals surface area contributed by atoms with Crippen molar-refractivity contribution in [3.8, 4) is 0 Å². The number of pyridine rings is 1. The van der Waals surface area contributed by atoms with Gasteiger partial charge in [-0.15, -0.1) is 0 Å². The third-order valence-electron chi connectivity index (χ3n) is 7.93. The van der Waals surface area contributed by atoms with Gasteiger partial charge in [0.2, 0.25) is 5.91 Å². The molecule has 10 heteroatoms. The third kappa shape index (κ3) is 5.50. The second kappa shape index (κ2) is 10.3. The van der Waals surface area contributed by atoms with Crippen LogP contribution in [0.4, 0.5) is 13.2 Å². The molecule has 3 aliphatic rings. The molecule has 4 rings (SSSR count). The lowest BCUT2D eigenvalue weighted by atomic mass is 9.76. The van der Waals surface area contributed by atoms with E-state index >= 15 is 0 Å². The van der Waals surface area contributed by atoms with E-state index in [1.54, 1.807) is 12.0 Å². The molecule has 0 aromatic carbocycles. The third-order valence-corrected chi connectivity index (χ3v) is 7.93. The van der Waals surface area contributed by atoms with E-state index in [9.17, 15) is 18.0 Å². The molecule has 7 nitrogen and oxygen atoms in total. The Morgan fingerprint density at radius 2 is 2.17 bits per heavy atom. The van der Waals surface area contributed by atoms with Gasteiger partial charge in [-0.2, -0.15) is 13.2 Å². The Balaban J connectivity index is 1.53. The van der Waals surface area contributed by atoms with Gasteiger partial charge >= 0.3 is 6.18 Å². The Hall–Kier alpha value is -1.75. The van der Waals surface area contributed by atoms with E-state index in [1.165, 1.54) is 0 Å². The van der Waals surface area contributed by atoms with Gasteiger partial charge in [-0.05, 0) is 50.9 Å². The van der Waals surface area contributed by atoms with E-state index in [0.717, 1.165) is 25.1 Å². The van der Waals surface area contributed by atoms with Crippen LogP contribution in [0, 0.1) is 11.3 Å². The quantitative estimate of drug-likeness (QED) is 0.651. The first-order valence-corrected chi connectivity index (χ1v) is 12.4. The molecule has 0 spiro atoms. The molecule has 1 aromatic heterocycles. The fourth-order valence-electron chi connectivity index (χ4n) is 6.16. The average Bonchev–Trinajstić information content (AvgIpc) is 3.12. The van der Waals surface area contributed by atoms with Crippen molar-refractivity contribution >= 4 is 5.91 Å². The van der Waals surface area contributed by atoms with E-state index in [2.05, 4.69) is 17.2 Å². The number of hydrogen-bond acceptors (Lipinski definition) is 6. The zero-order chi connectivity index (χ0) is 25.4. The molecule has 1 saturated heterocycles. The average molecular weight is 499 g/mol. The monoisotopic (exact) mass is 498 g/mol.